The highest BCUT2D eigenvalue weighted by atomic mass is 19.1. The fourth-order valence-corrected chi connectivity index (χ4v) is 1.07. The molecule has 0 fully saturated rings. The van der Waals surface area contributed by atoms with E-state index >= 15 is 0 Å². The summed E-state index contributed by atoms with van der Waals surface area (Å²) >= 11 is 0. The van der Waals surface area contributed by atoms with Gasteiger partial charge in [-0.3, -0.25) is 4.79 Å². The minimum Gasteiger partial charge on any atom is -0.457 e. The molecule has 0 heterocycles. The number of alkyl halides is 2. The Kier molecular flexibility index (Phi) is 5.80. The number of carbonyl (C=O) groups is 3. The van der Waals surface area contributed by atoms with E-state index < -0.39 is 41.3 Å². The van der Waals surface area contributed by atoms with Crippen LogP contribution in [-0.2, 0) is 23.9 Å². The van der Waals surface area contributed by atoms with Gasteiger partial charge in [-0.15, -0.1) is 0 Å². The number of hydrogen-bond acceptors (Lipinski definition) is 5. The number of esters is 2. The molecule has 0 radical (unpaired) electrons. The summed E-state index contributed by atoms with van der Waals surface area (Å²) in [6, 6.07) is 0. The highest BCUT2D eigenvalue weighted by Crippen LogP contribution is 2.15. The zero-order valence-corrected chi connectivity index (χ0v) is 12.5. The third kappa shape index (κ3) is 6.58. The van der Waals surface area contributed by atoms with Crippen molar-refractivity contribution in [3.63, 3.8) is 0 Å². The zero-order valence-electron chi connectivity index (χ0n) is 12.5. The summed E-state index contributed by atoms with van der Waals surface area (Å²) in [6.07, 6.45) is -5.73. The molecule has 0 amide bonds. The van der Waals surface area contributed by atoms with E-state index in [-0.39, 0.29) is 0 Å². The molecule has 0 saturated carbocycles. The summed E-state index contributed by atoms with van der Waals surface area (Å²) in [5.41, 5.74) is -2.06. The largest absolute Gasteiger partial charge is 0.457 e. The maximum atomic E-state index is 13.5. The van der Waals surface area contributed by atoms with Crippen LogP contribution in [0.2, 0.25) is 0 Å². The molecular weight excluding hydrogens is 274 g/mol. The van der Waals surface area contributed by atoms with E-state index in [9.17, 15) is 23.2 Å². The third-order valence-electron chi connectivity index (χ3n) is 1.73. The van der Waals surface area contributed by atoms with Gasteiger partial charge in [-0.2, -0.15) is 0 Å². The van der Waals surface area contributed by atoms with E-state index in [0.29, 0.717) is 0 Å². The van der Waals surface area contributed by atoms with Gasteiger partial charge in [0.2, 0.25) is 5.78 Å². The van der Waals surface area contributed by atoms with Gasteiger partial charge in [-0.25, -0.2) is 18.4 Å². The Morgan fingerprint density at radius 2 is 1.00 bits per heavy atom. The maximum absolute atomic E-state index is 13.5. The number of hydrogen-bond donors (Lipinski definition) is 0. The van der Waals surface area contributed by atoms with E-state index in [4.69, 9.17) is 0 Å². The Bertz CT molecular complexity index is 357. The van der Waals surface area contributed by atoms with E-state index in [2.05, 4.69) is 9.47 Å². The minimum absolute atomic E-state index is 1.03. The van der Waals surface area contributed by atoms with Crippen LogP contribution < -0.4 is 0 Å². The molecule has 0 aromatic heterocycles. The second kappa shape index (κ2) is 6.28. The molecule has 0 aliphatic heterocycles. The molecular formula is C13H20F2O5. The Morgan fingerprint density at radius 3 is 1.20 bits per heavy atom. The van der Waals surface area contributed by atoms with Gasteiger partial charge in [0, 0.05) is 0 Å². The van der Waals surface area contributed by atoms with E-state index in [1.807, 2.05) is 0 Å². The molecule has 0 saturated heterocycles. The number of ketones is 1. The molecule has 0 aromatic carbocycles. The van der Waals surface area contributed by atoms with Crippen molar-refractivity contribution in [1.29, 1.82) is 0 Å². The number of carbonyl (C=O) groups excluding carboxylic acids is 3. The SMILES string of the molecule is CC(C)(C)OC(=O)C(F)C(=O)C(F)C(=O)OC(C)(C)C. The van der Waals surface area contributed by atoms with Gasteiger partial charge < -0.3 is 9.47 Å². The molecule has 0 spiro atoms. The van der Waals surface area contributed by atoms with Gasteiger partial charge in [-0.05, 0) is 41.5 Å². The standard InChI is InChI=1S/C13H20F2O5/c1-12(2,3)19-10(17)7(14)9(16)8(15)11(18)20-13(4,5)6/h7-8H,1-6H3. The first-order chi connectivity index (χ1) is 8.74. The van der Waals surface area contributed by atoms with Crippen LogP contribution in [-0.4, -0.2) is 41.3 Å². The lowest BCUT2D eigenvalue weighted by Crippen LogP contribution is -2.42. The fraction of sp³-hybridized carbons (Fsp3) is 0.769. The smallest absolute Gasteiger partial charge is 0.349 e. The molecule has 5 nitrogen and oxygen atoms in total. The van der Waals surface area contributed by atoms with Crippen molar-refractivity contribution < 1.29 is 32.6 Å². The summed E-state index contributed by atoms with van der Waals surface area (Å²) in [5, 5.41) is 0. The molecule has 20 heavy (non-hydrogen) atoms. The Labute approximate surface area is 116 Å². The predicted molar refractivity (Wildman–Crippen MR) is 66.5 cm³/mol. The van der Waals surface area contributed by atoms with Crippen LogP contribution in [0, 0.1) is 0 Å². The molecule has 0 aliphatic rings. The number of Topliss-reactive ketones (excluding diaryl/α,β-unsaturated/α-hetero) is 1. The molecule has 0 aromatic rings. The lowest BCUT2D eigenvalue weighted by atomic mass is 10.1. The third-order valence-corrected chi connectivity index (χ3v) is 1.73. The van der Waals surface area contributed by atoms with Gasteiger partial charge in [0.05, 0.1) is 0 Å². The van der Waals surface area contributed by atoms with Crippen LogP contribution in [0.15, 0.2) is 0 Å². The maximum Gasteiger partial charge on any atom is 0.349 e. The lowest BCUT2D eigenvalue weighted by molar-refractivity contribution is -0.168. The summed E-state index contributed by atoms with van der Waals surface area (Å²) in [5.74, 6) is -4.89. The summed E-state index contributed by atoms with van der Waals surface area (Å²) in [6.45, 7) is 8.77. The average molecular weight is 294 g/mol. The van der Waals surface area contributed by atoms with Crippen LogP contribution in [0.25, 0.3) is 0 Å². The zero-order chi connectivity index (χ0) is 16.3. The quantitative estimate of drug-likeness (QED) is 0.585. The second-order valence-corrected chi connectivity index (χ2v) is 6.19. The minimum atomic E-state index is -2.86. The first kappa shape index (κ1) is 18.5. The van der Waals surface area contributed by atoms with Crippen molar-refractivity contribution in [2.45, 2.75) is 65.1 Å². The number of halogens is 2. The molecule has 0 rings (SSSR count). The molecule has 0 bridgehead atoms. The summed E-state index contributed by atoms with van der Waals surface area (Å²) < 4.78 is 36.2. The monoisotopic (exact) mass is 294 g/mol. The van der Waals surface area contributed by atoms with Crippen LogP contribution >= 0.6 is 0 Å². The van der Waals surface area contributed by atoms with Crippen LogP contribution in [0.4, 0.5) is 8.78 Å². The topological polar surface area (TPSA) is 69.7 Å². The molecule has 7 heteroatoms. The van der Waals surface area contributed by atoms with E-state index in [0.717, 1.165) is 0 Å². The molecule has 2 atom stereocenters. The average Bonchev–Trinajstić information content (AvgIpc) is 2.21. The van der Waals surface area contributed by atoms with E-state index in [1.165, 1.54) is 41.5 Å². The molecule has 116 valence electrons. The molecule has 0 N–H and O–H groups in total. The van der Waals surface area contributed by atoms with Crippen molar-refractivity contribution >= 4 is 17.7 Å². The highest BCUT2D eigenvalue weighted by Gasteiger charge is 2.41. The second-order valence-electron chi connectivity index (χ2n) is 6.19. The lowest BCUT2D eigenvalue weighted by Gasteiger charge is -2.22. The predicted octanol–water partition coefficient (Wildman–Crippen LogP) is 1.92. The number of rotatable bonds is 4. The molecule has 0 aliphatic carbocycles. The van der Waals surface area contributed by atoms with Crippen LogP contribution in [0.5, 0.6) is 0 Å². The Balaban J connectivity index is 4.73. The van der Waals surface area contributed by atoms with Gasteiger partial charge in [0.15, 0.2) is 0 Å². The Hall–Kier alpha value is -1.53. The normalized spacial score (nSPS) is 15.2. The van der Waals surface area contributed by atoms with Crippen LogP contribution in [0.3, 0.4) is 0 Å². The van der Waals surface area contributed by atoms with Crippen molar-refractivity contribution in [3.05, 3.63) is 0 Å². The van der Waals surface area contributed by atoms with Gasteiger partial charge >= 0.3 is 11.9 Å². The number of ether oxygens (including phenoxy) is 2. The van der Waals surface area contributed by atoms with Crippen molar-refractivity contribution in [3.8, 4) is 0 Å². The van der Waals surface area contributed by atoms with Crippen molar-refractivity contribution in [1.82, 2.24) is 0 Å². The first-order valence-electron chi connectivity index (χ1n) is 6.02. The van der Waals surface area contributed by atoms with E-state index in [1.54, 1.807) is 0 Å². The fourth-order valence-electron chi connectivity index (χ4n) is 1.07. The van der Waals surface area contributed by atoms with Gasteiger partial charge in [0.1, 0.15) is 11.2 Å². The summed E-state index contributed by atoms with van der Waals surface area (Å²) in [4.78, 5) is 33.9. The molecule has 2 unspecified atom stereocenters. The van der Waals surface area contributed by atoms with Crippen LogP contribution in [0.1, 0.15) is 41.5 Å². The summed E-state index contributed by atoms with van der Waals surface area (Å²) in [7, 11) is 0. The van der Waals surface area contributed by atoms with Gasteiger partial charge in [0.25, 0.3) is 12.3 Å². The van der Waals surface area contributed by atoms with Gasteiger partial charge in [-0.1, -0.05) is 0 Å². The first-order valence-corrected chi connectivity index (χ1v) is 6.02. The Morgan fingerprint density at radius 1 is 0.750 bits per heavy atom. The van der Waals surface area contributed by atoms with Crippen molar-refractivity contribution in [2.24, 2.45) is 0 Å². The van der Waals surface area contributed by atoms with Crippen molar-refractivity contribution in [2.75, 3.05) is 0 Å². The highest BCUT2D eigenvalue weighted by molar-refractivity contribution is 6.12.